The number of hydrogen-bond acceptors (Lipinski definition) is 6. The topological polar surface area (TPSA) is 117 Å². The minimum atomic E-state index is -0.986. The minimum absolute atomic E-state index is 0.0194. The van der Waals surface area contributed by atoms with Crippen molar-refractivity contribution in [1.29, 1.82) is 0 Å². The van der Waals surface area contributed by atoms with Crippen LogP contribution in [0.4, 0.5) is 5.69 Å². The van der Waals surface area contributed by atoms with Crippen LogP contribution in [0.5, 0.6) is 5.75 Å². The second-order valence-electron chi connectivity index (χ2n) is 8.48. The van der Waals surface area contributed by atoms with Gasteiger partial charge in [-0.2, -0.15) is 0 Å². The molecule has 0 aliphatic carbocycles. The van der Waals surface area contributed by atoms with E-state index in [0.29, 0.717) is 33.5 Å². The zero-order valence-corrected chi connectivity index (χ0v) is 21.1. The molecule has 8 nitrogen and oxygen atoms in total. The van der Waals surface area contributed by atoms with Gasteiger partial charge in [-0.25, -0.2) is 0 Å². The Bertz CT molecular complexity index is 1590. The molecule has 37 heavy (non-hydrogen) atoms. The average Bonchev–Trinajstić information content (AvgIpc) is 3.42. The number of carbonyl (C=O) groups is 3. The summed E-state index contributed by atoms with van der Waals surface area (Å²) in [6, 6.07) is 19.1. The van der Waals surface area contributed by atoms with Gasteiger partial charge in [-0.1, -0.05) is 40.2 Å². The maximum atomic E-state index is 13.7. The van der Waals surface area contributed by atoms with E-state index in [1.807, 2.05) is 0 Å². The number of fused-ring (bicyclic) bond motifs is 1. The van der Waals surface area contributed by atoms with Gasteiger partial charge < -0.3 is 19.4 Å². The molecule has 5 rings (SSSR count). The van der Waals surface area contributed by atoms with Crippen LogP contribution in [0.3, 0.4) is 0 Å². The second kappa shape index (κ2) is 9.59. The molecule has 0 spiro atoms. The largest absolute Gasteiger partial charge is 0.503 e. The van der Waals surface area contributed by atoms with Crippen molar-refractivity contribution in [3.63, 3.8) is 0 Å². The first-order valence-electron chi connectivity index (χ1n) is 11.2. The fourth-order valence-corrected chi connectivity index (χ4v) is 4.82. The molecule has 2 N–H and O–H groups in total. The number of aliphatic carboxylic acids is 1. The van der Waals surface area contributed by atoms with Gasteiger partial charge in [0.1, 0.15) is 11.3 Å². The van der Waals surface area contributed by atoms with Crippen LogP contribution in [0, 0.1) is 0 Å². The molecular weight excluding hydrogens is 542 g/mol. The number of halogens is 1. The molecule has 4 aromatic rings. The lowest BCUT2D eigenvalue weighted by molar-refractivity contribution is -0.136. The number of carbonyl (C=O) groups excluding carboxylic acids is 2. The van der Waals surface area contributed by atoms with Gasteiger partial charge in [0.05, 0.1) is 25.1 Å². The molecule has 186 valence electrons. The normalized spacial score (nSPS) is 15.5. The Morgan fingerprint density at radius 1 is 1.05 bits per heavy atom. The van der Waals surface area contributed by atoms with Crippen LogP contribution in [0.2, 0.25) is 0 Å². The quantitative estimate of drug-likeness (QED) is 0.281. The standard InChI is InChI=1S/C28H20BrNO7/c1-36-20-4-2-3-16(13-20)25-24(26(33)22-14-17-12-18(29)7-10-21(17)37-22)27(34)28(35)30(25)19-8-5-15(6-9-19)11-23(31)32/h2-10,12-14,25,34H,11H2,1H3,(H,31,32). The highest BCUT2D eigenvalue weighted by molar-refractivity contribution is 9.10. The Hall–Kier alpha value is -4.37. The third kappa shape index (κ3) is 4.49. The predicted molar refractivity (Wildman–Crippen MR) is 139 cm³/mol. The predicted octanol–water partition coefficient (Wildman–Crippen LogP) is 5.61. The maximum absolute atomic E-state index is 13.7. The first-order valence-corrected chi connectivity index (χ1v) is 12.0. The summed E-state index contributed by atoms with van der Waals surface area (Å²) in [5.74, 6) is -2.57. The number of nitrogens with zero attached hydrogens (tertiary/aromatic N) is 1. The number of furan rings is 1. The van der Waals surface area contributed by atoms with Gasteiger partial charge in [0, 0.05) is 15.5 Å². The van der Waals surface area contributed by atoms with Gasteiger partial charge in [-0.3, -0.25) is 19.3 Å². The number of ether oxygens (including phenoxy) is 1. The summed E-state index contributed by atoms with van der Waals surface area (Å²) in [5.41, 5.74) is 1.82. The van der Waals surface area contributed by atoms with Crippen LogP contribution in [0.1, 0.15) is 27.7 Å². The number of amides is 1. The lowest BCUT2D eigenvalue weighted by Gasteiger charge is -2.27. The second-order valence-corrected chi connectivity index (χ2v) is 9.39. The van der Waals surface area contributed by atoms with Crippen molar-refractivity contribution in [1.82, 2.24) is 0 Å². The van der Waals surface area contributed by atoms with Crippen molar-refractivity contribution in [2.45, 2.75) is 12.5 Å². The molecule has 0 radical (unpaired) electrons. The molecule has 0 bridgehead atoms. The highest BCUT2D eigenvalue weighted by atomic mass is 79.9. The number of hydrogen-bond donors (Lipinski definition) is 2. The van der Waals surface area contributed by atoms with Crippen LogP contribution >= 0.6 is 15.9 Å². The summed E-state index contributed by atoms with van der Waals surface area (Å²) in [5, 5.41) is 20.7. The highest BCUT2D eigenvalue weighted by Gasteiger charge is 2.45. The maximum Gasteiger partial charge on any atom is 0.307 e. The van der Waals surface area contributed by atoms with Crippen molar-refractivity contribution in [3.05, 3.63) is 105 Å². The zero-order chi connectivity index (χ0) is 26.3. The molecule has 1 atom stereocenters. The van der Waals surface area contributed by atoms with E-state index >= 15 is 0 Å². The Balaban J connectivity index is 1.62. The molecule has 1 aromatic heterocycles. The Morgan fingerprint density at radius 3 is 2.51 bits per heavy atom. The third-order valence-electron chi connectivity index (χ3n) is 6.13. The van der Waals surface area contributed by atoms with E-state index in [2.05, 4.69) is 15.9 Å². The molecule has 3 aromatic carbocycles. The molecule has 1 aliphatic rings. The summed E-state index contributed by atoms with van der Waals surface area (Å²) in [4.78, 5) is 39.5. The van der Waals surface area contributed by atoms with Crippen molar-refractivity contribution in [2.24, 2.45) is 0 Å². The van der Waals surface area contributed by atoms with E-state index in [4.69, 9.17) is 14.3 Å². The number of anilines is 1. The Labute approximate surface area is 219 Å². The molecule has 1 amide bonds. The van der Waals surface area contributed by atoms with Crippen LogP contribution in [-0.4, -0.2) is 35.0 Å². The van der Waals surface area contributed by atoms with E-state index in [1.54, 1.807) is 72.8 Å². The Morgan fingerprint density at radius 2 is 1.81 bits per heavy atom. The smallest absolute Gasteiger partial charge is 0.307 e. The number of aliphatic hydroxyl groups is 1. The van der Waals surface area contributed by atoms with Gasteiger partial charge >= 0.3 is 5.97 Å². The number of benzene rings is 3. The summed E-state index contributed by atoms with van der Waals surface area (Å²) in [6.45, 7) is 0. The fraction of sp³-hybridized carbons (Fsp3) is 0.107. The molecule has 0 saturated carbocycles. The van der Waals surface area contributed by atoms with Gasteiger partial charge in [0.25, 0.3) is 5.91 Å². The van der Waals surface area contributed by atoms with Gasteiger partial charge in [-0.15, -0.1) is 0 Å². The van der Waals surface area contributed by atoms with Gasteiger partial charge in [-0.05, 0) is 59.7 Å². The molecular formula is C28H20BrNO7. The molecule has 0 fully saturated rings. The molecule has 9 heteroatoms. The van der Waals surface area contributed by atoms with E-state index < -0.39 is 29.5 Å². The van der Waals surface area contributed by atoms with Crippen LogP contribution in [-0.2, 0) is 16.0 Å². The lowest BCUT2D eigenvalue weighted by atomic mass is 9.94. The first-order chi connectivity index (χ1) is 17.8. The summed E-state index contributed by atoms with van der Waals surface area (Å²) in [7, 11) is 1.50. The van der Waals surface area contributed by atoms with Crippen molar-refractivity contribution in [3.8, 4) is 5.75 Å². The summed E-state index contributed by atoms with van der Waals surface area (Å²) >= 11 is 3.40. The summed E-state index contributed by atoms with van der Waals surface area (Å²) in [6.07, 6.45) is -0.178. The van der Waals surface area contributed by atoms with E-state index in [0.717, 1.165) is 4.47 Å². The van der Waals surface area contributed by atoms with Crippen molar-refractivity contribution >= 4 is 50.2 Å². The lowest BCUT2D eigenvalue weighted by Crippen LogP contribution is -2.31. The fourth-order valence-electron chi connectivity index (χ4n) is 4.44. The zero-order valence-electron chi connectivity index (χ0n) is 19.5. The minimum Gasteiger partial charge on any atom is -0.503 e. The highest BCUT2D eigenvalue weighted by Crippen LogP contribution is 2.43. The summed E-state index contributed by atoms with van der Waals surface area (Å²) < 4.78 is 11.9. The monoisotopic (exact) mass is 561 g/mol. The van der Waals surface area contributed by atoms with E-state index in [9.17, 15) is 19.5 Å². The SMILES string of the molecule is COc1cccc(C2C(C(=O)c3cc4cc(Br)ccc4o3)=C(O)C(=O)N2c2ccc(CC(=O)O)cc2)c1. The number of carboxylic acids is 1. The number of methoxy groups -OCH3 is 1. The molecule has 2 heterocycles. The van der Waals surface area contributed by atoms with Crippen LogP contribution < -0.4 is 9.64 Å². The van der Waals surface area contributed by atoms with Crippen LogP contribution in [0.15, 0.2) is 93.0 Å². The van der Waals surface area contributed by atoms with E-state index in [-0.39, 0.29) is 17.8 Å². The third-order valence-corrected chi connectivity index (χ3v) is 6.63. The van der Waals surface area contributed by atoms with Crippen LogP contribution in [0.25, 0.3) is 11.0 Å². The Kier molecular flexibility index (Phi) is 6.31. The van der Waals surface area contributed by atoms with Gasteiger partial charge in [0.2, 0.25) is 5.78 Å². The molecule has 1 aliphatic heterocycles. The molecule has 0 saturated heterocycles. The average molecular weight is 562 g/mol. The van der Waals surface area contributed by atoms with E-state index in [1.165, 1.54) is 12.0 Å². The number of aliphatic hydroxyl groups excluding tert-OH is 1. The first kappa shape index (κ1) is 24.3. The molecule has 1 unspecified atom stereocenters. The number of rotatable bonds is 7. The van der Waals surface area contributed by atoms with Crippen molar-refractivity contribution in [2.75, 3.05) is 12.0 Å². The number of ketones is 1. The number of carboxylic acid groups (broad SMARTS) is 1. The van der Waals surface area contributed by atoms with Gasteiger partial charge in [0.15, 0.2) is 11.5 Å². The number of Topliss-reactive ketones (excluding diaryl/α,β-unsaturated/α-hetero) is 1. The van der Waals surface area contributed by atoms with Crippen molar-refractivity contribution < 1.29 is 33.8 Å².